The molecule has 0 saturated carbocycles. The molecule has 5 rings (SSSR count). The topological polar surface area (TPSA) is 172 Å². The number of ether oxygens (including phenoxy) is 5. The molecule has 316 valence electrons. The molecular weight excluding hydrogens is 734 g/mol. The summed E-state index contributed by atoms with van der Waals surface area (Å²) < 4.78 is 32.9. The van der Waals surface area contributed by atoms with Gasteiger partial charge in [-0.3, -0.25) is 19.4 Å². The number of aliphatic hydroxyl groups is 1. The van der Waals surface area contributed by atoms with Gasteiger partial charge >= 0.3 is 12.1 Å². The number of ketones is 2. The van der Waals surface area contributed by atoms with Crippen LogP contribution in [0.15, 0.2) is 37.1 Å². The molecule has 2 aromatic rings. The molecule has 57 heavy (non-hydrogen) atoms. The number of aromatic nitrogens is 3. The fourth-order valence-electron chi connectivity index (χ4n) is 8.93. The molecule has 0 bridgehead atoms. The van der Waals surface area contributed by atoms with Gasteiger partial charge in [0.15, 0.2) is 11.9 Å². The van der Waals surface area contributed by atoms with Crippen LogP contribution in [-0.2, 0) is 44.6 Å². The smallest absolute Gasteiger partial charge is 0.410 e. The lowest BCUT2D eigenvalue weighted by atomic mass is 9.74. The van der Waals surface area contributed by atoms with E-state index in [1.807, 2.05) is 55.7 Å². The van der Waals surface area contributed by atoms with E-state index in [2.05, 4.69) is 9.97 Å². The number of hydrogen-bond donors (Lipinski definition) is 1. The highest BCUT2D eigenvalue weighted by molar-refractivity contribution is 5.99. The van der Waals surface area contributed by atoms with E-state index in [9.17, 15) is 24.3 Å². The number of likely N-dealkylation sites (N-methyl/N-ethyl adjacent to an activating group) is 1. The first kappa shape index (κ1) is 44.3. The van der Waals surface area contributed by atoms with Crippen LogP contribution in [0.5, 0.6) is 0 Å². The van der Waals surface area contributed by atoms with Crippen LogP contribution in [0.2, 0.25) is 0 Å². The number of methoxy groups -OCH3 is 1. The predicted molar refractivity (Wildman–Crippen MR) is 210 cm³/mol. The highest BCUT2D eigenvalue weighted by Gasteiger charge is 2.60. The molecule has 15 heteroatoms. The number of rotatable bonds is 11. The van der Waals surface area contributed by atoms with Crippen LogP contribution in [-0.4, -0.2) is 135 Å². The lowest BCUT2D eigenvalue weighted by Crippen LogP contribution is -2.59. The van der Waals surface area contributed by atoms with Gasteiger partial charge in [0.25, 0.3) is 0 Å². The van der Waals surface area contributed by atoms with Gasteiger partial charge in [0.05, 0.1) is 35.9 Å². The van der Waals surface area contributed by atoms with Gasteiger partial charge in [0, 0.05) is 68.7 Å². The molecule has 3 fully saturated rings. The number of unbranched alkanes of at least 4 members (excludes halogenated alkanes) is 1. The number of hydrogen-bond acceptors (Lipinski definition) is 13. The molecule has 1 N–H and O–H groups in total. The Morgan fingerprint density at radius 3 is 2.44 bits per heavy atom. The summed E-state index contributed by atoms with van der Waals surface area (Å²) >= 11 is 0. The third-order valence-corrected chi connectivity index (χ3v) is 12.5. The van der Waals surface area contributed by atoms with Crippen LogP contribution in [0, 0.1) is 17.8 Å². The van der Waals surface area contributed by atoms with Crippen LogP contribution in [0.3, 0.4) is 0 Å². The molecule has 3 aliphatic heterocycles. The van der Waals surface area contributed by atoms with E-state index in [1.165, 1.54) is 14.0 Å². The number of nitrogens with zero attached hydrogens (tertiary/aromatic N) is 5. The number of esters is 1. The number of Topliss-reactive ketones (excluding diaryl/α,β-unsaturated/α-hetero) is 2. The number of carbonyl (C=O) groups is 4. The standard InChI is InChI=1S/C42H63N5O10/c1-11-33-42(7)37(47(40(52)57-42)18-13-12-17-46-23-30(44-24-46)29-15-14-16-43-22-29)28(5)35(49)25(2)21-41(6,53-10)34(20-32(48)27(4)38(51)55-33)56-39-36(50)31(45(8)9)19-26(3)54-39/h14-16,22-28,31,33-34,36-37,39,50H,11-13,17-21H2,1-10H3/t25-,26-,27-,28+,31+,33?,34-,36-,37-,39+,41-,42-/m1/s1. The zero-order chi connectivity index (χ0) is 41.8. The Morgan fingerprint density at radius 1 is 1.07 bits per heavy atom. The minimum atomic E-state index is -1.39. The van der Waals surface area contributed by atoms with Crippen LogP contribution in [0.4, 0.5) is 4.79 Å². The van der Waals surface area contributed by atoms with Crippen molar-refractivity contribution in [3.05, 3.63) is 37.1 Å². The fraction of sp³-hybridized carbons (Fsp3) is 0.714. The van der Waals surface area contributed by atoms with Crippen molar-refractivity contribution in [2.24, 2.45) is 17.8 Å². The maximum Gasteiger partial charge on any atom is 0.410 e. The van der Waals surface area contributed by atoms with Gasteiger partial charge in [0.1, 0.15) is 29.7 Å². The molecular formula is C42H63N5O10. The van der Waals surface area contributed by atoms with Gasteiger partial charge in [-0.1, -0.05) is 20.8 Å². The quantitative estimate of drug-likeness (QED) is 0.189. The minimum Gasteiger partial charge on any atom is -0.458 e. The largest absolute Gasteiger partial charge is 0.458 e. The summed E-state index contributed by atoms with van der Waals surface area (Å²) in [6, 6.07) is 2.76. The predicted octanol–water partition coefficient (Wildman–Crippen LogP) is 4.68. The first-order chi connectivity index (χ1) is 26.9. The van der Waals surface area contributed by atoms with Crippen molar-refractivity contribution < 1.29 is 48.0 Å². The van der Waals surface area contributed by atoms with Crippen LogP contribution in [0.1, 0.15) is 87.0 Å². The second-order valence-electron chi connectivity index (χ2n) is 16.9. The summed E-state index contributed by atoms with van der Waals surface area (Å²) in [6.07, 6.45) is 4.28. The van der Waals surface area contributed by atoms with E-state index in [4.69, 9.17) is 23.7 Å². The van der Waals surface area contributed by atoms with Gasteiger partial charge in [0.2, 0.25) is 0 Å². The second kappa shape index (κ2) is 18.4. The Morgan fingerprint density at radius 2 is 1.79 bits per heavy atom. The zero-order valence-corrected chi connectivity index (χ0v) is 35.3. The lowest BCUT2D eigenvalue weighted by molar-refractivity contribution is -0.289. The van der Waals surface area contributed by atoms with E-state index in [0.29, 0.717) is 32.4 Å². The highest BCUT2D eigenvalue weighted by atomic mass is 16.7. The monoisotopic (exact) mass is 797 g/mol. The number of cyclic esters (lactones) is 1. The van der Waals surface area contributed by atoms with E-state index >= 15 is 0 Å². The van der Waals surface area contributed by atoms with E-state index < -0.39 is 77.4 Å². The number of fused-ring (bicyclic) bond motifs is 1. The lowest BCUT2D eigenvalue weighted by Gasteiger charge is -2.45. The average molecular weight is 798 g/mol. The Bertz CT molecular complexity index is 1710. The van der Waals surface area contributed by atoms with Crippen LogP contribution in [0.25, 0.3) is 11.3 Å². The van der Waals surface area contributed by atoms with Gasteiger partial charge in [-0.15, -0.1) is 0 Å². The molecule has 3 aliphatic rings. The molecule has 0 aromatic carbocycles. The molecule has 5 heterocycles. The normalized spacial score (nSPS) is 35.8. The van der Waals surface area contributed by atoms with Gasteiger partial charge in [-0.25, -0.2) is 9.78 Å². The Labute approximate surface area is 336 Å². The third-order valence-electron chi connectivity index (χ3n) is 12.5. The van der Waals surface area contributed by atoms with Gasteiger partial charge in [-0.05, 0) is 86.0 Å². The van der Waals surface area contributed by atoms with Gasteiger partial charge < -0.3 is 43.2 Å². The third kappa shape index (κ3) is 9.59. The number of aryl methyl sites for hydroxylation is 1. The molecule has 1 amide bonds. The number of imidazole rings is 1. The van der Waals surface area contributed by atoms with Crippen molar-refractivity contribution in [1.29, 1.82) is 0 Å². The Kier molecular flexibility index (Phi) is 14.3. The molecule has 1 unspecified atom stereocenters. The molecule has 12 atom stereocenters. The van der Waals surface area contributed by atoms with Crippen molar-refractivity contribution in [2.75, 3.05) is 27.7 Å². The molecule has 2 aromatic heterocycles. The molecule has 15 nitrogen and oxygen atoms in total. The summed E-state index contributed by atoms with van der Waals surface area (Å²) in [4.78, 5) is 68.4. The first-order valence-electron chi connectivity index (χ1n) is 20.3. The number of aliphatic hydroxyl groups excluding tert-OH is 1. The van der Waals surface area contributed by atoms with E-state index in [0.717, 1.165) is 11.3 Å². The van der Waals surface area contributed by atoms with Crippen LogP contribution >= 0.6 is 0 Å². The maximum atomic E-state index is 14.6. The van der Waals surface area contributed by atoms with Crippen molar-refractivity contribution in [1.82, 2.24) is 24.3 Å². The molecule has 3 saturated heterocycles. The van der Waals surface area contributed by atoms with Crippen molar-refractivity contribution in [3.8, 4) is 11.3 Å². The number of carbonyl (C=O) groups excluding carboxylic acids is 4. The van der Waals surface area contributed by atoms with Crippen LogP contribution < -0.4 is 0 Å². The summed E-state index contributed by atoms with van der Waals surface area (Å²) in [5.74, 6) is -3.96. The summed E-state index contributed by atoms with van der Waals surface area (Å²) in [6.45, 7) is 13.2. The highest BCUT2D eigenvalue weighted by Crippen LogP contribution is 2.42. The average Bonchev–Trinajstić information content (AvgIpc) is 3.76. The summed E-state index contributed by atoms with van der Waals surface area (Å²) in [5, 5.41) is 11.4. The summed E-state index contributed by atoms with van der Waals surface area (Å²) in [7, 11) is 5.23. The van der Waals surface area contributed by atoms with Gasteiger partial charge in [-0.2, -0.15) is 0 Å². The first-order valence-corrected chi connectivity index (χ1v) is 20.3. The van der Waals surface area contributed by atoms with Crippen molar-refractivity contribution in [3.63, 3.8) is 0 Å². The maximum absolute atomic E-state index is 14.6. The SMILES string of the molecule is CCC1OC(=O)[C@H](C)C(=O)C[C@@H](O[C@@H]2O[C@H](C)C[C@H](N(C)C)[C@H]2O)[C@](C)(OC)C[C@@H](C)C(=O)[C@H](C)[C@H]2N(CCCCn3cnc(-c4cccnc4)c3)C(=O)O[C@]12C. The van der Waals surface area contributed by atoms with Crippen molar-refractivity contribution >= 4 is 23.6 Å². The molecule has 0 radical (unpaired) electrons. The summed E-state index contributed by atoms with van der Waals surface area (Å²) in [5.41, 5.74) is -0.900. The Hall–Kier alpha value is -3.76. The van der Waals surface area contributed by atoms with Crippen molar-refractivity contribution in [2.45, 2.75) is 148 Å². The fourth-order valence-corrected chi connectivity index (χ4v) is 8.93. The second-order valence-corrected chi connectivity index (χ2v) is 16.9. The van der Waals surface area contributed by atoms with E-state index in [-0.39, 0.29) is 37.2 Å². The zero-order valence-electron chi connectivity index (χ0n) is 35.3. The number of amides is 1. The Balaban J connectivity index is 1.41. The number of pyridine rings is 1. The van der Waals surface area contributed by atoms with E-state index in [1.54, 1.807) is 51.3 Å². The minimum absolute atomic E-state index is 0.139. The molecule has 0 aliphatic carbocycles. The molecule has 0 spiro atoms.